The first-order valence-corrected chi connectivity index (χ1v) is 6.25. The van der Waals surface area contributed by atoms with Crippen molar-refractivity contribution >= 4 is 23.5 Å². The molecule has 7 heteroatoms. The Hall–Kier alpha value is -2.47. The van der Waals surface area contributed by atoms with Crippen molar-refractivity contribution in [1.29, 1.82) is 0 Å². The van der Waals surface area contributed by atoms with Gasteiger partial charge in [-0.25, -0.2) is 9.18 Å². The molecule has 0 radical (unpaired) electrons. The summed E-state index contributed by atoms with van der Waals surface area (Å²) in [6.07, 6.45) is 2.09. The number of aromatic nitrogens is 1. The van der Waals surface area contributed by atoms with Gasteiger partial charge in [0.25, 0.3) is 5.91 Å². The summed E-state index contributed by atoms with van der Waals surface area (Å²) < 4.78 is 13.0. The van der Waals surface area contributed by atoms with E-state index in [0.29, 0.717) is 0 Å². The fourth-order valence-corrected chi connectivity index (χ4v) is 1.98. The Balaban J connectivity index is 2.27. The summed E-state index contributed by atoms with van der Waals surface area (Å²) >= 11 is 5.93. The van der Waals surface area contributed by atoms with Crippen LogP contribution in [0.4, 0.5) is 4.39 Å². The van der Waals surface area contributed by atoms with Crippen LogP contribution in [0, 0.1) is 5.82 Å². The maximum atomic E-state index is 13.0. The predicted octanol–water partition coefficient (Wildman–Crippen LogP) is 2.43. The molecule has 0 aliphatic rings. The Morgan fingerprint density at radius 1 is 1.29 bits per heavy atom. The zero-order valence-corrected chi connectivity index (χ0v) is 11.3. The van der Waals surface area contributed by atoms with E-state index >= 15 is 0 Å². The second-order valence-electron chi connectivity index (χ2n) is 4.16. The molecule has 0 aliphatic carbocycles. The maximum Gasteiger partial charge on any atom is 0.330 e. The third-order valence-corrected chi connectivity index (χ3v) is 3.05. The molecule has 0 bridgehead atoms. The lowest BCUT2D eigenvalue weighted by atomic mass is 10.1. The standard InChI is InChI=1S/C14H10ClFN2O3/c15-11-4-2-1-3-10(11)12(14(20)21)18-13(19)8-5-9(16)7-17-6-8/h1-7,12H,(H,18,19)(H,20,21)/t12-/m1/s1. The van der Waals surface area contributed by atoms with Crippen molar-refractivity contribution in [2.24, 2.45) is 0 Å². The van der Waals surface area contributed by atoms with Crippen LogP contribution < -0.4 is 5.32 Å². The Morgan fingerprint density at radius 3 is 2.62 bits per heavy atom. The molecule has 2 aromatic rings. The first-order chi connectivity index (χ1) is 9.99. The van der Waals surface area contributed by atoms with Gasteiger partial charge in [0, 0.05) is 16.8 Å². The molecule has 0 fully saturated rings. The van der Waals surface area contributed by atoms with Gasteiger partial charge < -0.3 is 10.4 Å². The number of halogens is 2. The smallest absolute Gasteiger partial charge is 0.330 e. The van der Waals surface area contributed by atoms with E-state index in [1.54, 1.807) is 12.1 Å². The summed E-state index contributed by atoms with van der Waals surface area (Å²) in [7, 11) is 0. The molecule has 0 unspecified atom stereocenters. The van der Waals surface area contributed by atoms with Crippen LogP contribution in [0.2, 0.25) is 5.02 Å². The Morgan fingerprint density at radius 2 is 2.00 bits per heavy atom. The lowest BCUT2D eigenvalue weighted by Crippen LogP contribution is -2.34. The highest BCUT2D eigenvalue weighted by atomic mass is 35.5. The molecular formula is C14H10ClFN2O3. The second-order valence-corrected chi connectivity index (χ2v) is 4.57. The fourth-order valence-electron chi connectivity index (χ4n) is 1.73. The number of aliphatic carboxylic acids is 1. The average Bonchev–Trinajstić information content (AvgIpc) is 2.45. The van der Waals surface area contributed by atoms with E-state index in [2.05, 4.69) is 10.3 Å². The molecule has 0 saturated heterocycles. The minimum Gasteiger partial charge on any atom is -0.479 e. The number of nitrogens with zero attached hydrogens (tertiary/aromatic N) is 1. The van der Waals surface area contributed by atoms with Crippen molar-refractivity contribution in [1.82, 2.24) is 10.3 Å². The number of amides is 1. The molecule has 2 rings (SSSR count). The third kappa shape index (κ3) is 3.55. The molecule has 0 aliphatic heterocycles. The zero-order chi connectivity index (χ0) is 15.4. The van der Waals surface area contributed by atoms with Crippen molar-refractivity contribution in [3.05, 3.63) is 64.7 Å². The normalized spacial score (nSPS) is 11.7. The van der Waals surface area contributed by atoms with Crippen LogP contribution in [0.5, 0.6) is 0 Å². The Kier molecular flexibility index (Phi) is 4.49. The summed E-state index contributed by atoms with van der Waals surface area (Å²) in [5, 5.41) is 11.7. The van der Waals surface area contributed by atoms with Gasteiger partial charge in [-0.3, -0.25) is 9.78 Å². The predicted molar refractivity (Wildman–Crippen MR) is 73.5 cm³/mol. The van der Waals surface area contributed by atoms with Crippen molar-refractivity contribution in [2.75, 3.05) is 0 Å². The van der Waals surface area contributed by atoms with Gasteiger partial charge in [-0.15, -0.1) is 0 Å². The Labute approximate surface area is 124 Å². The van der Waals surface area contributed by atoms with Crippen LogP contribution in [0.25, 0.3) is 0 Å². The van der Waals surface area contributed by atoms with Gasteiger partial charge in [-0.2, -0.15) is 0 Å². The highest BCUT2D eigenvalue weighted by Crippen LogP contribution is 2.23. The number of benzene rings is 1. The number of carboxylic acids is 1. The summed E-state index contributed by atoms with van der Waals surface area (Å²) in [5.74, 6) is -2.72. The largest absolute Gasteiger partial charge is 0.479 e. The molecule has 108 valence electrons. The van der Waals surface area contributed by atoms with Crippen molar-refractivity contribution < 1.29 is 19.1 Å². The third-order valence-electron chi connectivity index (χ3n) is 2.71. The molecule has 2 N–H and O–H groups in total. The van der Waals surface area contributed by atoms with E-state index in [-0.39, 0.29) is 16.1 Å². The lowest BCUT2D eigenvalue weighted by molar-refractivity contribution is -0.139. The minimum absolute atomic E-state index is 0.0756. The van der Waals surface area contributed by atoms with Gasteiger partial charge in [0.05, 0.1) is 11.8 Å². The quantitative estimate of drug-likeness (QED) is 0.909. The van der Waals surface area contributed by atoms with Crippen molar-refractivity contribution in [3.8, 4) is 0 Å². The molecule has 5 nitrogen and oxygen atoms in total. The van der Waals surface area contributed by atoms with Gasteiger partial charge in [0.2, 0.25) is 0 Å². The van der Waals surface area contributed by atoms with Crippen LogP contribution in [0.15, 0.2) is 42.7 Å². The lowest BCUT2D eigenvalue weighted by Gasteiger charge is -2.16. The summed E-state index contributed by atoms with van der Waals surface area (Å²) in [4.78, 5) is 26.8. The number of hydrogen-bond donors (Lipinski definition) is 2. The van der Waals surface area contributed by atoms with E-state index in [4.69, 9.17) is 11.6 Å². The van der Waals surface area contributed by atoms with Crippen LogP contribution in [-0.4, -0.2) is 22.0 Å². The summed E-state index contributed by atoms with van der Waals surface area (Å²) in [6.45, 7) is 0. The van der Waals surface area contributed by atoms with Crippen LogP contribution >= 0.6 is 11.6 Å². The topological polar surface area (TPSA) is 79.3 Å². The summed E-state index contributed by atoms with van der Waals surface area (Å²) in [5.41, 5.74) is 0.165. The van der Waals surface area contributed by atoms with Gasteiger partial charge in [-0.05, 0) is 12.1 Å². The van der Waals surface area contributed by atoms with Gasteiger partial charge in [0.15, 0.2) is 6.04 Å². The van der Waals surface area contributed by atoms with Gasteiger partial charge in [0.1, 0.15) is 5.82 Å². The number of carbonyl (C=O) groups is 2. The molecule has 1 aromatic carbocycles. The fraction of sp³-hybridized carbons (Fsp3) is 0.0714. The van der Waals surface area contributed by atoms with Crippen LogP contribution in [0.1, 0.15) is 22.0 Å². The number of nitrogens with one attached hydrogen (secondary N) is 1. The first-order valence-electron chi connectivity index (χ1n) is 5.87. The highest BCUT2D eigenvalue weighted by molar-refractivity contribution is 6.31. The molecule has 1 heterocycles. The number of pyridine rings is 1. The molecule has 0 spiro atoms. The number of carboxylic acid groups (broad SMARTS) is 1. The van der Waals surface area contributed by atoms with Crippen molar-refractivity contribution in [2.45, 2.75) is 6.04 Å². The molecule has 21 heavy (non-hydrogen) atoms. The highest BCUT2D eigenvalue weighted by Gasteiger charge is 2.24. The van der Waals surface area contributed by atoms with E-state index in [1.807, 2.05) is 0 Å². The van der Waals surface area contributed by atoms with Gasteiger partial charge in [-0.1, -0.05) is 29.8 Å². The van der Waals surface area contributed by atoms with Crippen LogP contribution in [0.3, 0.4) is 0 Å². The minimum atomic E-state index is -1.34. The van der Waals surface area contributed by atoms with Crippen LogP contribution in [-0.2, 0) is 4.79 Å². The van der Waals surface area contributed by atoms with Gasteiger partial charge >= 0.3 is 5.97 Å². The molecule has 1 amide bonds. The maximum absolute atomic E-state index is 13.0. The second kappa shape index (κ2) is 6.32. The molecule has 1 atom stereocenters. The number of carbonyl (C=O) groups excluding carboxylic acids is 1. The molecule has 0 saturated carbocycles. The number of hydrogen-bond acceptors (Lipinski definition) is 3. The average molecular weight is 309 g/mol. The van der Waals surface area contributed by atoms with E-state index in [0.717, 1.165) is 18.5 Å². The first kappa shape index (κ1) is 14.9. The monoisotopic (exact) mass is 308 g/mol. The van der Waals surface area contributed by atoms with E-state index in [1.165, 1.54) is 12.1 Å². The zero-order valence-electron chi connectivity index (χ0n) is 10.6. The molecule has 1 aromatic heterocycles. The molecular weight excluding hydrogens is 299 g/mol. The van der Waals surface area contributed by atoms with E-state index in [9.17, 15) is 19.1 Å². The van der Waals surface area contributed by atoms with E-state index < -0.39 is 23.7 Å². The Bertz CT molecular complexity index is 693. The summed E-state index contributed by atoms with van der Waals surface area (Å²) in [6, 6.07) is 5.88. The van der Waals surface area contributed by atoms with Crippen molar-refractivity contribution in [3.63, 3.8) is 0 Å². The SMILES string of the molecule is O=C(N[C@@H](C(=O)O)c1ccccc1Cl)c1cncc(F)c1. The number of rotatable bonds is 4.